The second-order valence-corrected chi connectivity index (χ2v) is 7.58. The number of carbonyl (C=O) groups is 1. The predicted octanol–water partition coefficient (Wildman–Crippen LogP) is 4.53. The Hall–Kier alpha value is -2.20. The van der Waals surface area contributed by atoms with E-state index in [2.05, 4.69) is 43.0 Å². The maximum atomic E-state index is 12.8. The zero-order valence-corrected chi connectivity index (χ0v) is 15.3. The number of nitrogens with zero attached hydrogens (tertiary/aromatic N) is 2. The summed E-state index contributed by atoms with van der Waals surface area (Å²) in [6, 6.07) is 16.3. The fourth-order valence-electron chi connectivity index (χ4n) is 2.72. The minimum Gasteiger partial charge on any atom is -0.378 e. The van der Waals surface area contributed by atoms with Crippen LogP contribution < -0.4 is 9.80 Å². The van der Waals surface area contributed by atoms with Crippen LogP contribution >= 0.6 is 11.8 Å². The van der Waals surface area contributed by atoms with Crippen molar-refractivity contribution in [2.75, 3.05) is 23.9 Å². The summed E-state index contributed by atoms with van der Waals surface area (Å²) in [5.74, 6) is 0.0769. The van der Waals surface area contributed by atoms with E-state index in [1.165, 1.54) is 5.56 Å². The molecule has 0 bridgehead atoms. The lowest BCUT2D eigenvalue weighted by Crippen LogP contribution is -2.30. The summed E-state index contributed by atoms with van der Waals surface area (Å²) in [6.07, 6.45) is 1.98. The van der Waals surface area contributed by atoms with Crippen LogP contribution in [0, 0.1) is 6.92 Å². The first kappa shape index (κ1) is 16.7. The molecule has 3 rings (SSSR count). The molecular weight excluding hydrogens is 316 g/mol. The van der Waals surface area contributed by atoms with E-state index in [1.807, 2.05) is 49.3 Å². The van der Waals surface area contributed by atoms with Gasteiger partial charge in [-0.05, 0) is 49.8 Å². The summed E-state index contributed by atoms with van der Waals surface area (Å²) >= 11 is 1.61. The van der Waals surface area contributed by atoms with Crippen molar-refractivity contribution < 1.29 is 4.79 Å². The first-order valence-electron chi connectivity index (χ1n) is 8.01. The van der Waals surface area contributed by atoms with Gasteiger partial charge in [0.25, 0.3) is 5.91 Å². The molecule has 1 aliphatic rings. The van der Waals surface area contributed by atoms with Gasteiger partial charge < -0.3 is 4.90 Å². The number of benzene rings is 2. The number of rotatable bonds is 3. The van der Waals surface area contributed by atoms with Gasteiger partial charge in [-0.15, -0.1) is 0 Å². The van der Waals surface area contributed by atoms with Crippen LogP contribution in [0.2, 0.25) is 0 Å². The molecule has 1 heterocycles. The summed E-state index contributed by atoms with van der Waals surface area (Å²) in [5, 5.41) is 0.104. The van der Waals surface area contributed by atoms with E-state index < -0.39 is 0 Å². The smallest absolute Gasteiger partial charge is 0.265 e. The molecular formula is C20H22N2OS. The fraction of sp³-hybridized carbons (Fsp3) is 0.250. The Kier molecular flexibility index (Phi) is 4.67. The maximum absolute atomic E-state index is 12.8. The minimum atomic E-state index is 0.0769. The summed E-state index contributed by atoms with van der Waals surface area (Å²) in [7, 11) is 4.04. The van der Waals surface area contributed by atoms with Gasteiger partial charge in [-0.1, -0.05) is 41.6 Å². The molecule has 1 saturated heterocycles. The van der Waals surface area contributed by atoms with Gasteiger partial charge in [-0.25, -0.2) is 0 Å². The topological polar surface area (TPSA) is 23.6 Å². The van der Waals surface area contributed by atoms with E-state index in [0.717, 1.165) is 21.8 Å². The third-order valence-electron chi connectivity index (χ3n) is 4.11. The van der Waals surface area contributed by atoms with E-state index >= 15 is 0 Å². The Balaban J connectivity index is 1.85. The summed E-state index contributed by atoms with van der Waals surface area (Å²) in [5.41, 5.74) is 4.35. The molecule has 0 N–H and O–H groups in total. The molecule has 2 aromatic rings. The highest BCUT2D eigenvalue weighted by Gasteiger charge is 2.34. The van der Waals surface area contributed by atoms with Crippen molar-refractivity contribution in [2.45, 2.75) is 19.2 Å². The van der Waals surface area contributed by atoms with Gasteiger partial charge in [0.2, 0.25) is 0 Å². The van der Waals surface area contributed by atoms with Crippen LogP contribution in [0.3, 0.4) is 0 Å². The third kappa shape index (κ3) is 3.34. The third-order valence-corrected chi connectivity index (χ3v) is 5.21. The van der Waals surface area contributed by atoms with Crippen LogP contribution in [0.1, 0.15) is 18.1 Å². The number of amides is 1. The maximum Gasteiger partial charge on any atom is 0.265 e. The minimum absolute atomic E-state index is 0.0769. The monoisotopic (exact) mass is 338 g/mol. The normalized spacial score (nSPS) is 19.2. The molecule has 1 aliphatic heterocycles. The van der Waals surface area contributed by atoms with Gasteiger partial charge >= 0.3 is 0 Å². The Morgan fingerprint density at radius 3 is 2.25 bits per heavy atom. The molecule has 1 fully saturated rings. The van der Waals surface area contributed by atoms with Gasteiger partial charge in [0.1, 0.15) is 0 Å². The van der Waals surface area contributed by atoms with E-state index in [1.54, 1.807) is 11.8 Å². The van der Waals surface area contributed by atoms with Gasteiger partial charge in [-0.3, -0.25) is 9.69 Å². The second kappa shape index (κ2) is 6.73. The molecule has 2 aromatic carbocycles. The lowest BCUT2D eigenvalue weighted by Gasteiger charge is -2.20. The Morgan fingerprint density at radius 1 is 1.04 bits per heavy atom. The number of hydrogen-bond acceptors (Lipinski definition) is 3. The van der Waals surface area contributed by atoms with Crippen LogP contribution in [-0.4, -0.2) is 25.4 Å². The molecule has 1 atom stereocenters. The van der Waals surface area contributed by atoms with Crippen LogP contribution in [0.5, 0.6) is 0 Å². The highest BCUT2D eigenvalue weighted by molar-refractivity contribution is 8.05. The first-order chi connectivity index (χ1) is 11.5. The lowest BCUT2D eigenvalue weighted by atomic mass is 10.1. The highest BCUT2D eigenvalue weighted by atomic mass is 32.2. The van der Waals surface area contributed by atoms with Crippen LogP contribution in [0.15, 0.2) is 53.4 Å². The van der Waals surface area contributed by atoms with Gasteiger partial charge in [-0.2, -0.15) is 0 Å². The van der Waals surface area contributed by atoms with Gasteiger partial charge in [0.05, 0.1) is 10.3 Å². The molecule has 0 aromatic heterocycles. The van der Waals surface area contributed by atoms with Crippen molar-refractivity contribution >= 4 is 35.1 Å². The first-order valence-corrected chi connectivity index (χ1v) is 8.89. The fourth-order valence-corrected chi connectivity index (χ4v) is 3.81. The average Bonchev–Trinajstić information content (AvgIpc) is 2.83. The van der Waals surface area contributed by atoms with Gasteiger partial charge in [0.15, 0.2) is 0 Å². The Bertz CT molecular complexity index is 763. The molecule has 24 heavy (non-hydrogen) atoms. The van der Waals surface area contributed by atoms with E-state index in [9.17, 15) is 4.79 Å². The SMILES string of the molecule is Cc1ccc(N2C(=O)/C(=C/c3ccc(N(C)C)cc3)S[C@@H]2C)cc1. The molecule has 4 heteroatoms. The van der Waals surface area contributed by atoms with Crippen molar-refractivity contribution in [1.82, 2.24) is 0 Å². The molecule has 0 saturated carbocycles. The number of anilines is 2. The van der Waals surface area contributed by atoms with Crippen LogP contribution in [0.4, 0.5) is 11.4 Å². The molecule has 0 unspecified atom stereocenters. The summed E-state index contributed by atoms with van der Waals surface area (Å²) < 4.78 is 0. The van der Waals surface area contributed by atoms with Crippen LogP contribution in [-0.2, 0) is 4.79 Å². The zero-order valence-electron chi connectivity index (χ0n) is 14.5. The average molecular weight is 338 g/mol. The molecule has 124 valence electrons. The van der Waals surface area contributed by atoms with Crippen molar-refractivity contribution in [3.8, 4) is 0 Å². The highest BCUT2D eigenvalue weighted by Crippen LogP contribution is 2.39. The van der Waals surface area contributed by atoms with Crippen molar-refractivity contribution in [3.05, 3.63) is 64.6 Å². The number of carbonyl (C=O) groups excluding carboxylic acids is 1. The second-order valence-electron chi connectivity index (χ2n) is 6.22. The van der Waals surface area contributed by atoms with Crippen molar-refractivity contribution in [3.63, 3.8) is 0 Å². The number of hydrogen-bond donors (Lipinski definition) is 0. The number of aryl methyl sites for hydroxylation is 1. The van der Waals surface area contributed by atoms with Gasteiger partial charge in [0, 0.05) is 25.5 Å². The zero-order chi connectivity index (χ0) is 17.3. The molecule has 0 radical (unpaired) electrons. The van der Waals surface area contributed by atoms with Crippen molar-refractivity contribution in [1.29, 1.82) is 0 Å². The number of thioether (sulfide) groups is 1. The Morgan fingerprint density at radius 2 is 1.67 bits per heavy atom. The lowest BCUT2D eigenvalue weighted by molar-refractivity contribution is -0.114. The predicted molar refractivity (Wildman–Crippen MR) is 104 cm³/mol. The molecule has 1 amide bonds. The van der Waals surface area contributed by atoms with E-state index in [4.69, 9.17) is 0 Å². The van der Waals surface area contributed by atoms with Crippen LogP contribution in [0.25, 0.3) is 6.08 Å². The van der Waals surface area contributed by atoms with Crippen molar-refractivity contribution in [2.24, 2.45) is 0 Å². The standard InChI is InChI=1S/C20H22N2OS/c1-14-5-9-18(10-6-14)22-15(2)24-19(20(22)23)13-16-7-11-17(12-8-16)21(3)4/h5-13,15H,1-4H3/b19-13-/t15-/m1/s1. The molecule has 3 nitrogen and oxygen atoms in total. The summed E-state index contributed by atoms with van der Waals surface area (Å²) in [4.78, 5) is 17.5. The molecule has 0 spiro atoms. The Labute approximate surface area is 148 Å². The quantitative estimate of drug-likeness (QED) is 0.768. The largest absolute Gasteiger partial charge is 0.378 e. The molecule has 0 aliphatic carbocycles. The summed E-state index contributed by atoms with van der Waals surface area (Å²) in [6.45, 7) is 4.12. The van der Waals surface area contributed by atoms with E-state index in [-0.39, 0.29) is 11.3 Å². The van der Waals surface area contributed by atoms with E-state index in [0.29, 0.717) is 0 Å².